The van der Waals surface area contributed by atoms with Crippen molar-refractivity contribution in [3.8, 4) is 0 Å². The van der Waals surface area contributed by atoms with Crippen LogP contribution in [-0.4, -0.2) is 42.3 Å². The molecule has 0 spiro atoms. The molecule has 0 N–H and O–H groups in total. The number of halogens is 2. The van der Waals surface area contributed by atoms with Crippen molar-refractivity contribution >= 4 is 61.6 Å². The van der Waals surface area contributed by atoms with E-state index in [4.69, 9.17) is 23.2 Å². The molecule has 1 aromatic rings. The average molecular weight is 435 g/mol. The van der Waals surface area contributed by atoms with Crippen molar-refractivity contribution in [2.24, 2.45) is 10.9 Å². The summed E-state index contributed by atoms with van der Waals surface area (Å²) in [6.45, 7) is 3.92. The molecule has 0 aromatic heterocycles. The summed E-state index contributed by atoms with van der Waals surface area (Å²) in [5, 5.41) is 1.06. The van der Waals surface area contributed by atoms with Gasteiger partial charge in [-0.05, 0) is 25.0 Å². The molecule has 2 saturated heterocycles. The van der Waals surface area contributed by atoms with Gasteiger partial charge in [0.05, 0.1) is 33.3 Å². The number of carbonyl (C=O) groups is 1. The Morgan fingerprint density at radius 3 is 2.65 bits per heavy atom. The van der Waals surface area contributed by atoms with E-state index >= 15 is 0 Å². The summed E-state index contributed by atoms with van der Waals surface area (Å²) in [5.74, 6) is -0.214. The minimum atomic E-state index is -3.13. The third kappa shape index (κ3) is 3.77. The first-order valence-electron chi connectivity index (χ1n) is 8.50. The van der Waals surface area contributed by atoms with E-state index in [-0.39, 0.29) is 34.6 Å². The fraction of sp³-hybridized carbons (Fsp3) is 0.529. The lowest BCUT2D eigenvalue weighted by Gasteiger charge is -2.26. The molecule has 1 amide bonds. The summed E-state index contributed by atoms with van der Waals surface area (Å²) in [4.78, 5) is 18.7. The zero-order valence-electron chi connectivity index (χ0n) is 14.5. The van der Waals surface area contributed by atoms with Gasteiger partial charge in [-0.15, -0.1) is 0 Å². The highest BCUT2D eigenvalue weighted by atomic mass is 35.5. The van der Waals surface area contributed by atoms with E-state index in [0.717, 1.165) is 12.8 Å². The van der Waals surface area contributed by atoms with Gasteiger partial charge in [-0.3, -0.25) is 4.79 Å². The summed E-state index contributed by atoms with van der Waals surface area (Å²) >= 11 is 13.9. The lowest BCUT2D eigenvalue weighted by atomic mass is 10.0. The minimum absolute atomic E-state index is 0.0195. The molecule has 9 heteroatoms. The van der Waals surface area contributed by atoms with Gasteiger partial charge in [0.25, 0.3) is 5.91 Å². The molecular formula is C17H20Cl2N2O3S2. The quantitative estimate of drug-likeness (QED) is 0.715. The predicted molar refractivity (Wildman–Crippen MR) is 109 cm³/mol. The van der Waals surface area contributed by atoms with E-state index in [9.17, 15) is 13.2 Å². The van der Waals surface area contributed by atoms with Crippen molar-refractivity contribution in [2.45, 2.75) is 38.0 Å². The van der Waals surface area contributed by atoms with E-state index in [0.29, 0.717) is 20.9 Å². The van der Waals surface area contributed by atoms with Gasteiger partial charge in [0, 0.05) is 11.2 Å². The van der Waals surface area contributed by atoms with Crippen molar-refractivity contribution in [1.29, 1.82) is 0 Å². The van der Waals surface area contributed by atoms with Crippen LogP contribution >= 0.6 is 35.0 Å². The molecule has 0 bridgehead atoms. The summed E-state index contributed by atoms with van der Waals surface area (Å²) in [7, 11) is -3.13. The molecular weight excluding hydrogens is 415 g/mol. The second kappa shape index (κ2) is 7.70. The number of carbonyl (C=O) groups excluding carboxylic acids is 1. The maximum absolute atomic E-state index is 12.5. The fourth-order valence-electron chi connectivity index (χ4n) is 3.35. The number of nitrogens with zero attached hydrogens (tertiary/aromatic N) is 2. The fourth-order valence-corrected chi connectivity index (χ4v) is 7.65. The summed E-state index contributed by atoms with van der Waals surface area (Å²) in [6.07, 6.45) is 1.44. The van der Waals surface area contributed by atoms with Gasteiger partial charge in [0.15, 0.2) is 15.0 Å². The number of rotatable bonds is 4. The number of fused-ring (bicyclic) bond motifs is 1. The Labute approximate surface area is 168 Å². The van der Waals surface area contributed by atoms with E-state index in [1.165, 1.54) is 11.8 Å². The van der Waals surface area contributed by atoms with Gasteiger partial charge in [-0.25, -0.2) is 8.42 Å². The Morgan fingerprint density at radius 1 is 1.31 bits per heavy atom. The normalized spacial score (nSPS) is 25.9. The van der Waals surface area contributed by atoms with E-state index in [1.54, 1.807) is 23.1 Å². The first-order chi connectivity index (χ1) is 12.3. The standard InChI is InChI=1S/C17H20Cl2N2O3S2/c1-3-10(4-2)16(22)20-17-21(12-7-5-6-11(18)15(12)19)13-8-26(23,24)9-14(13)25-17/h5-7,10,13-14H,3-4,8-9H2,1-2H3/t13-,14+/m1/s1. The Hall–Kier alpha value is -0.760. The largest absolute Gasteiger partial charge is 0.314 e. The molecule has 142 valence electrons. The van der Waals surface area contributed by atoms with Crippen LogP contribution in [0.2, 0.25) is 10.0 Å². The Kier molecular flexibility index (Phi) is 5.92. The number of sulfone groups is 1. The Morgan fingerprint density at radius 2 is 2.00 bits per heavy atom. The molecule has 2 aliphatic rings. The number of aliphatic imine (C=N–C) groups is 1. The average Bonchev–Trinajstić information content (AvgIpc) is 3.02. The molecule has 2 aliphatic heterocycles. The second-order valence-corrected chi connectivity index (χ2v) is 10.6. The van der Waals surface area contributed by atoms with E-state index in [2.05, 4.69) is 4.99 Å². The van der Waals surface area contributed by atoms with Crippen LogP contribution in [-0.2, 0) is 14.6 Å². The van der Waals surface area contributed by atoms with Crippen LogP contribution in [0.3, 0.4) is 0 Å². The third-order valence-electron chi connectivity index (χ3n) is 4.80. The highest BCUT2D eigenvalue weighted by Crippen LogP contribution is 2.44. The van der Waals surface area contributed by atoms with Crippen LogP contribution in [0.4, 0.5) is 5.69 Å². The number of benzene rings is 1. The number of hydrogen-bond donors (Lipinski definition) is 0. The van der Waals surface area contributed by atoms with Crippen LogP contribution in [0.5, 0.6) is 0 Å². The molecule has 0 saturated carbocycles. The molecule has 3 rings (SSSR count). The molecule has 0 unspecified atom stereocenters. The van der Waals surface area contributed by atoms with E-state index < -0.39 is 9.84 Å². The number of hydrogen-bond acceptors (Lipinski definition) is 4. The molecule has 5 nitrogen and oxygen atoms in total. The van der Waals surface area contributed by atoms with Gasteiger partial charge in [0.1, 0.15) is 0 Å². The van der Waals surface area contributed by atoms with E-state index in [1.807, 2.05) is 13.8 Å². The van der Waals surface area contributed by atoms with Crippen molar-refractivity contribution in [3.63, 3.8) is 0 Å². The monoisotopic (exact) mass is 434 g/mol. The Balaban J connectivity index is 2.04. The lowest BCUT2D eigenvalue weighted by molar-refractivity contribution is -0.121. The zero-order valence-corrected chi connectivity index (χ0v) is 17.6. The predicted octanol–water partition coefficient (Wildman–Crippen LogP) is 4.03. The maximum atomic E-state index is 12.5. The first-order valence-corrected chi connectivity index (χ1v) is 12.0. The van der Waals surface area contributed by atoms with Gasteiger partial charge < -0.3 is 4.90 Å². The topological polar surface area (TPSA) is 66.8 Å². The molecule has 26 heavy (non-hydrogen) atoms. The van der Waals surface area contributed by atoms with Crippen molar-refractivity contribution in [1.82, 2.24) is 0 Å². The number of anilines is 1. The number of thioether (sulfide) groups is 1. The molecule has 0 aliphatic carbocycles. The highest BCUT2D eigenvalue weighted by molar-refractivity contribution is 8.16. The van der Waals surface area contributed by atoms with Gasteiger partial charge in [0.2, 0.25) is 0 Å². The molecule has 1 aromatic carbocycles. The zero-order chi connectivity index (χ0) is 19.1. The Bertz CT molecular complexity index is 854. The summed E-state index contributed by atoms with van der Waals surface area (Å²) in [6, 6.07) is 4.91. The van der Waals surface area contributed by atoms with Crippen LogP contribution in [0.25, 0.3) is 0 Å². The first kappa shape index (κ1) is 20.0. The smallest absolute Gasteiger partial charge is 0.251 e. The summed E-state index contributed by atoms with van der Waals surface area (Å²) < 4.78 is 24.2. The van der Waals surface area contributed by atoms with Gasteiger partial charge in [-0.1, -0.05) is 54.9 Å². The summed E-state index contributed by atoms with van der Waals surface area (Å²) in [5.41, 5.74) is 0.590. The molecule has 2 atom stereocenters. The van der Waals surface area contributed by atoms with Crippen molar-refractivity contribution < 1.29 is 13.2 Å². The van der Waals surface area contributed by atoms with Crippen LogP contribution in [0, 0.1) is 5.92 Å². The molecule has 2 heterocycles. The lowest BCUT2D eigenvalue weighted by Crippen LogP contribution is -2.38. The van der Waals surface area contributed by atoms with Crippen LogP contribution in [0.15, 0.2) is 23.2 Å². The van der Waals surface area contributed by atoms with Crippen molar-refractivity contribution in [3.05, 3.63) is 28.2 Å². The number of amidine groups is 1. The minimum Gasteiger partial charge on any atom is -0.314 e. The highest BCUT2D eigenvalue weighted by Gasteiger charge is 2.50. The van der Waals surface area contributed by atoms with Gasteiger partial charge in [-0.2, -0.15) is 4.99 Å². The number of amides is 1. The van der Waals surface area contributed by atoms with Crippen LogP contribution < -0.4 is 4.90 Å². The second-order valence-electron chi connectivity index (χ2n) is 6.49. The van der Waals surface area contributed by atoms with Crippen molar-refractivity contribution in [2.75, 3.05) is 16.4 Å². The third-order valence-corrected chi connectivity index (χ3v) is 8.82. The SMILES string of the molecule is CCC(CC)C(=O)N=C1S[C@H]2CS(=O)(=O)C[C@H]2N1c1cccc(Cl)c1Cl. The van der Waals surface area contributed by atoms with Crippen LogP contribution in [0.1, 0.15) is 26.7 Å². The maximum Gasteiger partial charge on any atom is 0.251 e. The molecule has 2 fully saturated rings. The van der Waals surface area contributed by atoms with Gasteiger partial charge >= 0.3 is 0 Å². The molecule has 0 radical (unpaired) electrons.